The van der Waals surface area contributed by atoms with E-state index in [1.807, 2.05) is 42.0 Å². The average molecular weight is 463 g/mol. The van der Waals surface area contributed by atoms with Gasteiger partial charge in [0.1, 0.15) is 4.75 Å². The maximum absolute atomic E-state index is 11.3. The van der Waals surface area contributed by atoms with E-state index >= 15 is 0 Å². The van der Waals surface area contributed by atoms with Crippen LogP contribution in [0.3, 0.4) is 0 Å². The molecule has 0 saturated heterocycles. The van der Waals surface area contributed by atoms with Gasteiger partial charge in [0.15, 0.2) is 4.34 Å². The summed E-state index contributed by atoms with van der Waals surface area (Å²) < 4.78 is -0.131. The van der Waals surface area contributed by atoms with Crippen molar-refractivity contribution >= 4 is 46.6 Å². The monoisotopic (exact) mass is 462 g/mol. The van der Waals surface area contributed by atoms with Crippen LogP contribution in [0.1, 0.15) is 26.5 Å². The van der Waals surface area contributed by atoms with E-state index < -0.39 is 10.7 Å². The van der Waals surface area contributed by atoms with Gasteiger partial charge in [0, 0.05) is 47.9 Å². The van der Waals surface area contributed by atoms with Crippen LogP contribution in [0.5, 0.6) is 0 Å². The van der Waals surface area contributed by atoms with Gasteiger partial charge in [-0.3, -0.25) is 4.79 Å². The number of carboxylic acid groups (broad SMARTS) is 1. The first-order valence-electron chi connectivity index (χ1n) is 9.48. The van der Waals surface area contributed by atoms with Gasteiger partial charge in [0.05, 0.1) is 5.69 Å². The van der Waals surface area contributed by atoms with Gasteiger partial charge in [-0.1, -0.05) is 35.5 Å². The molecule has 6 nitrogen and oxygen atoms in total. The summed E-state index contributed by atoms with van der Waals surface area (Å²) in [6.45, 7) is 6.94. The van der Waals surface area contributed by atoms with E-state index in [9.17, 15) is 9.90 Å². The summed E-state index contributed by atoms with van der Waals surface area (Å²) >= 11 is 8.70. The Balaban J connectivity index is 1.62. The fourth-order valence-corrected chi connectivity index (χ4v) is 4.99. The molecule has 2 heterocycles. The van der Waals surface area contributed by atoms with Gasteiger partial charge in [-0.25, -0.2) is 15.0 Å². The molecule has 0 amide bonds. The Morgan fingerprint density at radius 2 is 1.87 bits per heavy atom. The van der Waals surface area contributed by atoms with Crippen molar-refractivity contribution in [1.29, 1.82) is 0 Å². The molecule has 0 bridgehead atoms. The number of anilines is 1. The number of carboxylic acids is 1. The predicted molar refractivity (Wildman–Crippen MR) is 124 cm³/mol. The zero-order valence-electron chi connectivity index (χ0n) is 17.0. The van der Waals surface area contributed by atoms with Crippen molar-refractivity contribution in [2.24, 2.45) is 0 Å². The molecule has 0 unspecified atom stereocenters. The first kappa shape index (κ1) is 22.5. The fraction of sp³-hybridized carbons (Fsp3) is 0.333. The molecule has 1 N–H and O–H groups in total. The lowest BCUT2D eigenvalue weighted by Gasteiger charge is -2.20. The number of nitrogens with zero attached hydrogens (tertiary/aromatic N) is 4. The van der Waals surface area contributed by atoms with Crippen molar-refractivity contribution < 1.29 is 9.90 Å². The molecule has 3 rings (SSSR count). The number of aromatic nitrogens is 3. The minimum Gasteiger partial charge on any atom is -0.480 e. The number of hydrogen-bond donors (Lipinski definition) is 1. The molecule has 0 atom stereocenters. The first-order valence-corrected chi connectivity index (χ1v) is 11.6. The van der Waals surface area contributed by atoms with Crippen molar-refractivity contribution in [3.8, 4) is 11.1 Å². The lowest BCUT2D eigenvalue weighted by Crippen LogP contribution is -2.27. The number of carbonyl (C=O) groups is 1. The first-order chi connectivity index (χ1) is 14.3. The maximum atomic E-state index is 11.3. The number of thiazole rings is 1. The molecule has 0 aliphatic heterocycles. The summed E-state index contributed by atoms with van der Waals surface area (Å²) in [4.78, 5) is 27.0. The van der Waals surface area contributed by atoms with E-state index in [0.29, 0.717) is 11.0 Å². The van der Waals surface area contributed by atoms with E-state index in [1.54, 1.807) is 13.8 Å². The largest absolute Gasteiger partial charge is 0.480 e. The highest BCUT2D eigenvalue weighted by atomic mass is 35.5. The van der Waals surface area contributed by atoms with Gasteiger partial charge < -0.3 is 10.0 Å². The molecule has 0 spiro atoms. The molecule has 3 aromatic rings. The zero-order valence-corrected chi connectivity index (χ0v) is 19.4. The Labute approximate surface area is 189 Å². The van der Waals surface area contributed by atoms with Crippen LogP contribution in [0.25, 0.3) is 11.1 Å². The molecule has 30 heavy (non-hydrogen) atoms. The lowest BCUT2D eigenvalue weighted by molar-refractivity contribution is -0.138. The van der Waals surface area contributed by atoms with Crippen molar-refractivity contribution in [2.45, 2.75) is 36.3 Å². The highest BCUT2D eigenvalue weighted by molar-refractivity contribution is 8.02. The Hall–Kier alpha value is -2.16. The highest BCUT2D eigenvalue weighted by Crippen LogP contribution is 2.34. The fourth-order valence-electron chi connectivity index (χ4n) is 2.64. The van der Waals surface area contributed by atoms with Crippen LogP contribution < -0.4 is 4.90 Å². The highest BCUT2D eigenvalue weighted by Gasteiger charge is 2.29. The van der Waals surface area contributed by atoms with Crippen molar-refractivity contribution in [3.63, 3.8) is 0 Å². The standard InChI is InChI=1S/C21H23ClN4O2S2/c1-4-26(10-9-17-13-29-20(25-17)30-21(2,3)18(27)28)19-23-11-15(12-24-19)14-5-7-16(22)8-6-14/h5-8,11-13H,4,9-10H2,1-3H3,(H,27,28). The molecule has 158 valence electrons. The summed E-state index contributed by atoms with van der Waals surface area (Å²) in [5.74, 6) is -0.173. The molecular formula is C21H23ClN4O2S2. The summed E-state index contributed by atoms with van der Waals surface area (Å²) in [6, 6.07) is 7.59. The second kappa shape index (κ2) is 9.76. The minimum atomic E-state index is -0.899. The number of benzene rings is 1. The lowest BCUT2D eigenvalue weighted by atomic mass is 10.1. The van der Waals surface area contributed by atoms with Crippen molar-refractivity contribution in [3.05, 3.63) is 52.8 Å². The molecule has 0 aliphatic carbocycles. The zero-order chi connectivity index (χ0) is 21.7. The molecule has 0 radical (unpaired) electrons. The number of rotatable bonds is 9. The molecular weight excluding hydrogens is 440 g/mol. The minimum absolute atomic E-state index is 0.673. The van der Waals surface area contributed by atoms with E-state index in [0.717, 1.165) is 40.7 Å². The third-order valence-electron chi connectivity index (χ3n) is 4.51. The van der Waals surface area contributed by atoms with Crippen molar-refractivity contribution in [2.75, 3.05) is 18.0 Å². The average Bonchev–Trinajstić information content (AvgIpc) is 3.16. The molecule has 9 heteroatoms. The normalized spacial score (nSPS) is 11.5. The van der Waals surface area contributed by atoms with E-state index in [-0.39, 0.29) is 0 Å². The quantitative estimate of drug-likeness (QED) is 0.433. The molecule has 0 fully saturated rings. The summed E-state index contributed by atoms with van der Waals surface area (Å²) in [7, 11) is 0. The summed E-state index contributed by atoms with van der Waals surface area (Å²) in [5.41, 5.74) is 2.90. The van der Waals surface area contributed by atoms with Crippen LogP contribution in [0, 0.1) is 0 Å². The number of halogens is 1. The SMILES string of the molecule is CCN(CCc1csc(SC(C)(C)C(=O)O)n1)c1ncc(-c2ccc(Cl)cc2)cn1. The van der Waals surface area contributed by atoms with Crippen LogP contribution in [0.2, 0.25) is 5.02 Å². The van der Waals surface area contributed by atoms with Crippen molar-refractivity contribution in [1.82, 2.24) is 15.0 Å². The van der Waals surface area contributed by atoms with Crippen LogP contribution >= 0.6 is 34.7 Å². The van der Waals surface area contributed by atoms with Gasteiger partial charge in [-0.15, -0.1) is 11.3 Å². The van der Waals surface area contributed by atoms with E-state index in [2.05, 4.69) is 26.8 Å². The molecule has 0 saturated carbocycles. The van der Waals surface area contributed by atoms with Gasteiger partial charge in [0.2, 0.25) is 5.95 Å². The van der Waals surface area contributed by atoms with Crippen LogP contribution in [0.15, 0.2) is 46.4 Å². The van der Waals surface area contributed by atoms with Crippen LogP contribution in [-0.4, -0.2) is 43.9 Å². The third-order valence-corrected chi connectivity index (χ3v) is 6.93. The second-order valence-electron chi connectivity index (χ2n) is 7.13. The van der Waals surface area contributed by atoms with Gasteiger partial charge >= 0.3 is 5.97 Å². The topological polar surface area (TPSA) is 79.2 Å². The number of thioether (sulfide) groups is 1. The number of hydrogen-bond acceptors (Lipinski definition) is 7. The van der Waals surface area contributed by atoms with Gasteiger partial charge in [-0.05, 0) is 38.5 Å². The second-order valence-corrected chi connectivity index (χ2v) is 10.3. The number of likely N-dealkylation sites (N-methyl/N-ethyl adjacent to an activating group) is 1. The maximum Gasteiger partial charge on any atom is 0.319 e. The molecule has 1 aromatic carbocycles. The summed E-state index contributed by atoms with van der Waals surface area (Å²) in [5, 5.41) is 12.0. The summed E-state index contributed by atoms with van der Waals surface area (Å²) in [6.07, 6.45) is 4.38. The van der Waals surface area contributed by atoms with E-state index in [1.165, 1.54) is 23.1 Å². The van der Waals surface area contributed by atoms with E-state index in [4.69, 9.17) is 11.6 Å². The molecule has 0 aliphatic rings. The smallest absolute Gasteiger partial charge is 0.319 e. The van der Waals surface area contributed by atoms with Gasteiger partial charge in [0.25, 0.3) is 0 Å². The number of aliphatic carboxylic acids is 1. The Bertz CT molecular complexity index is 991. The van der Waals surface area contributed by atoms with Crippen LogP contribution in [0.4, 0.5) is 5.95 Å². The molecule has 2 aromatic heterocycles. The van der Waals surface area contributed by atoms with Crippen LogP contribution in [-0.2, 0) is 11.2 Å². The third kappa shape index (κ3) is 5.71. The Morgan fingerprint density at radius 3 is 2.47 bits per heavy atom. The Morgan fingerprint density at radius 1 is 1.20 bits per heavy atom. The van der Waals surface area contributed by atoms with Gasteiger partial charge in [-0.2, -0.15) is 0 Å². The predicted octanol–water partition coefficient (Wildman–Crippen LogP) is 5.28. The Kier molecular flexibility index (Phi) is 7.33.